The van der Waals surface area contributed by atoms with Crippen LogP contribution in [0, 0.1) is 13.8 Å². The summed E-state index contributed by atoms with van der Waals surface area (Å²) in [5.41, 5.74) is 3.07. The molecule has 0 saturated carbocycles. The topological polar surface area (TPSA) is 73.0 Å². The van der Waals surface area contributed by atoms with Crippen molar-refractivity contribution in [3.63, 3.8) is 0 Å². The van der Waals surface area contributed by atoms with Gasteiger partial charge in [-0.2, -0.15) is 5.10 Å². The van der Waals surface area contributed by atoms with Crippen LogP contribution >= 0.6 is 34.5 Å². The maximum atomic E-state index is 12.7. The van der Waals surface area contributed by atoms with Crippen LogP contribution in [0.1, 0.15) is 27.4 Å². The first kappa shape index (κ1) is 19.7. The molecule has 29 heavy (non-hydrogen) atoms. The summed E-state index contributed by atoms with van der Waals surface area (Å²) >= 11 is 14.1. The highest BCUT2D eigenvalue weighted by atomic mass is 35.5. The molecule has 0 fully saturated rings. The molecule has 3 aromatic heterocycles. The van der Waals surface area contributed by atoms with Crippen molar-refractivity contribution < 1.29 is 9.32 Å². The molecule has 6 nitrogen and oxygen atoms in total. The van der Waals surface area contributed by atoms with Crippen LogP contribution in [-0.4, -0.2) is 20.8 Å². The molecule has 1 N–H and O–H groups in total. The van der Waals surface area contributed by atoms with Gasteiger partial charge in [-0.3, -0.25) is 9.48 Å². The average molecular weight is 447 g/mol. The zero-order valence-electron chi connectivity index (χ0n) is 15.6. The van der Waals surface area contributed by atoms with Crippen LogP contribution in [0.15, 0.2) is 46.3 Å². The molecule has 0 atom stereocenters. The van der Waals surface area contributed by atoms with E-state index in [1.54, 1.807) is 28.9 Å². The van der Waals surface area contributed by atoms with E-state index in [4.69, 9.17) is 27.7 Å². The van der Waals surface area contributed by atoms with Gasteiger partial charge in [-0.25, -0.2) is 0 Å². The number of rotatable bonds is 5. The number of aryl methyl sites for hydroxylation is 1. The molecule has 0 spiro atoms. The molecule has 0 unspecified atom stereocenters. The SMILES string of the molecule is Cc1nn(Cc2c(Cl)cccc2Cl)c(C)c1NC(=O)c1cc(-c2cccs2)on1. The number of aromatic nitrogens is 3. The number of hydrogen-bond donors (Lipinski definition) is 1. The Balaban J connectivity index is 1.56. The predicted molar refractivity (Wildman–Crippen MR) is 115 cm³/mol. The Hall–Kier alpha value is -2.61. The van der Waals surface area contributed by atoms with Gasteiger partial charge in [-0.1, -0.05) is 40.5 Å². The van der Waals surface area contributed by atoms with E-state index in [1.165, 1.54) is 11.3 Å². The predicted octanol–water partition coefficient (Wildman–Crippen LogP) is 5.82. The van der Waals surface area contributed by atoms with Crippen LogP contribution < -0.4 is 5.32 Å². The minimum absolute atomic E-state index is 0.203. The zero-order chi connectivity index (χ0) is 20.5. The van der Waals surface area contributed by atoms with Gasteiger partial charge < -0.3 is 9.84 Å². The largest absolute Gasteiger partial charge is 0.355 e. The van der Waals surface area contributed by atoms with Gasteiger partial charge in [-0.05, 0) is 37.4 Å². The van der Waals surface area contributed by atoms with Crippen molar-refractivity contribution in [2.45, 2.75) is 20.4 Å². The second kappa shape index (κ2) is 8.02. The molecule has 4 aromatic rings. The van der Waals surface area contributed by atoms with Crippen LogP contribution in [0.2, 0.25) is 10.0 Å². The molecule has 0 aliphatic carbocycles. The smallest absolute Gasteiger partial charge is 0.277 e. The standard InChI is InChI=1S/C20H16Cl2N4O2S/c1-11-19(12(2)26(24-11)10-13-14(21)5-3-6-15(13)22)23-20(27)16-9-17(28-25-16)18-7-4-8-29-18/h3-9H,10H2,1-2H3,(H,23,27). The van der Waals surface area contributed by atoms with E-state index >= 15 is 0 Å². The summed E-state index contributed by atoms with van der Waals surface area (Å²) in [4.78, 5) is 13.6. The van der Waals surface area contributed by atoms with Crippen LogP contribution in [0.25, 0.3) is 10.6 Å². The van der Waals surface area contributed by atoms with Crippen molar-refractivity contribution in [3.8, 4) is 10.6 Å². The molecule has 148 valence electrons. The third-order valence-corrected chi connectivity index (χ3v) is 6.09. The number of halogens is 2. The van der Waals surface area contributed by atoms with Gasteiger partial charge in [0.05, 0.1) is 28.5 Å². The number of thiophene rings is 1. The van der Waals surface area contributed by atoms with Crippen molar-refractivity contribution in [2.24, 2.45) is 0 Å². The lowest BCUT2D eigenvalue weighted by molar-refractivity contribution is 0.101. The first-order valence-electron chi connectivity index (χ1n) is 8.73. The normalized spacial score (nSPS) is 11.0. The summed E-state index contributed by atoms with van der Waals surface area (Å²) in [5, 5.41) is 14.4. The first-order chi connectivity index (χ1) is 13.9. The summed E-state index contributed by atoms with van der Waals surface area (Å²) in [7, 11) is 0. The molecule has 0 radical (unpaired) electrons. The summed E-state index contributed by atoms with van der Waals surface area (Å²) in [5.74, 6) is 0.195. The maximum Gasteiger partial charge on any atom is 0.277 e. The van der Waals surface area contributed by atoms with Gasteiger partial charge in [0.15, 0.2) is 11.5 Å². The number of nitrogens with one attached hydrogen (secondary N) is 1. The van der Waals surface area contributed by atoms with E-state index in [9.17, 15) is 4.79 Å². The van der Waals surface area contributed by atoms with Gasteiger partial charge in [0.1, 0.15) is 0 Å². The van der Waals surface area contributed by atoms with E-state index in [0.29, 0.717) is 33.7 Å². The van der Waals surface area contributed by atoms with Gasteiger partial charge >= 0.3 is 0 Å². The fraction of sp³-hybridized carbons (Fsp3) is 0.150. The van der Waals surface area contributed by atoms with E-state index in [2.05, 4.69) is 15.6 Å². The lowest BCUT2D eigenvalue weighted by Crippen LogP contribution is -2.13. The van der Waals surface area contributed by atoms with E-state index in [0.717, 1.165) is 16.1 Å². The monoisotopic (exact) mass is 446 g/mol. The maximum absolute atomic E-state index is 12.7. The number of amides is 1. The minimum atomic E-state index is -0.363. The second-order valence-electron chi connectivity index (χ2n) is 6.41. The molecular formula is C20H16Cl2N4O2S. The number of carbonyl (C=O) groups excluding carboxylic acids is 1. The van der Waals surface area contributed by atoms with Crippen LogP contribution in [0.3, 0.4) is 0 Å². The number of anilines is 1. The molecule has 0 bridgehead atoms. The number of benzene rings is 1. The van der Waals surface area contributed by atoms with E-state index in [1.807, 2.05) is 31.4 Å². The Morgan fingerprint density at radius 2 is 1.97 bits per heavy atom. The summed E-state index contributed by atoms with van der Waals surface area (Å²) in [6, 6.07) is 10.8. The van der Waals surface area contributed by atoms with Crippen LogP contribution in [0.5, 0.6) is 0 Å². The summed E-state index contributed by atoms with van der Waals surface area (Å²) in [6.07, 6.45) is 0. The zero-order valence-corrected chi connectivity index (χ0v) is 17.9. The first-order valence-corrected chi connectivity index (χ1v) is 10.4. The molecule has 1 aromatic carbocycles. The number of nitrogens with zero attached hydrogens (tertiary/aromatic N) is 3. The Morgan fingerprint density at radius 1 is 1.21 bits per heavy atom. The molecular weight excluding hydrogens is 431 g/mol. The highest BCUT2D eigenvalue weighted by molar-refractivity contribution is 7.13. The van der Waals surface area contributed by atoms with Crippen molar-refractivity contribution in [3.05, 3.63) is 74.5 Å². The molecule has 0 aliphatic heterocycles. The lowest BCUT2D eigenvalue weighted by Gasteiger charge is -2.09. The Labute approximate surface area is 181 Å². The van der Waals surface area contributed by atoms with Gasteiger partial charge in [0.2, 0.25) is 0 Å². The Morgan fingerprint density at radius 3 is 2.66 bits per heavy atom. The van der Waals surface area contributed by atoms with Gasteiger partial charge in [0, 0.05) is 21.7 Å². The summed E-state index contributed by atoms with van der Waals surface area (Å²) in [6.45, 7) is 4.10. The fourth-order valence-corrected chi connectivity index (χ4v) is 4.15. The third-order valence-electron chi connectivity index (χ3n) is 4.50. The molecule has 4 rings (SSSR count). The molecule has 3 heterocycles. The van der Waals surface area contributed by atoms with Gasteiger partial charge in [0.25, 0.3) is 5.91 Å². The highest BCUT2D eigenvalue weighted by Crippen LogP contribution is 2.28. The Bertz CT molecular complexity index is 1160. The van der Waals surface area contributed by atoms with Crippen molar-refractivity contribution in [1.29, 1.82) is 0 Å². The second-order valence-corrected chi connectivity index (χ2v) is 8.17. The molecule has 0 aliphatic rings. The quantitative estimate of drug-likeness (QED) is 0.418. The van der Waals surface area contributed by atoms with Crippen LogP contribution in [0.4, 0.5) is 5.69 Å². The van der Waals surface area contributed by atoms with Crippen molar-refractivity contribution in [1.82, 2.24) is 14.9 Å². The van der Waals surface area contributed by atoms with Crippen molar-refractivity contribution in [2.75, 3.05) is 5.32 Å². The molecule has 9 heteroatoms. The van der Waals surface area contributed by atoms with Crippen LogP contribution in [-0.2, 0) is 6.54 Å². The summed E-state index contributed by atoms with van der Waals surface area (Å²) < 4.78 is 7.05. The number of carbonyl (C=O) groups is 1. The van der Waals surface area contributed by atoms with Crippen molar-refractivity contribution >= 4 is 46.1 Å². The van der Waals surface area contributed by atoms with Gasteiger partial charge in [-0.15, -0.1) is 11.3 Å². The fourth-order valence-electron chi connectivity index (χ4n) is 2.96. The van der Waals surface area contributed by atoms with E-state index < -0.39 is 0 Å². The molecule has 0 saturated heterocycles. The Kier molecular flexibility index (Phi) is 5.45. The molecule has 1 amide bonds. The van der Waals surface area contributed by atoms with E-state index in [-0.39, 0.29) is 11.6 Å². The average Bonchev–Trinajstić information content (AvgIpc) is 3.42. The third kappa shape index (κ3) is 3.94. The number of hydrogen-bond acceptors (Lipinski definition) is 5. The highest BCUT2D eigenvalue weighted by Gasteiger charge is 2.19. The lowest BCUT2D eigenvalue weighted by atomic mass is 10.2. The minimum Gasteiger partial charge on any atom is -0.355 e.